The van der Waals surface area contributed by atoms with Crippen molar-refractivity contribution in [2.45, 2.75) is 26.7 Å². The Morgan fingerprint density at radius 2 is 2.00 bits per heavy atom. The fourth-order valence-corrected chi connectivity index (χ4v) is 5.18. The Morgan fingerprint density at radius 3 is 2.67 bits per heavy atom. The van der Waals surface area contributed by atoms with E-state index in [0.29, 0.717) is 53.1 Å². The number of nitrogens with zero attached hydrogens (tertiary/aromatic N) is 5. The van der Waals surface area contributed by atoms with Gasteiger partial charge >= 0.3 is 6.01 Å². The quantitative estimate of drug-likeness (QED) is 0.254. The molecule has 0 saturated carbocycles. The first kappa shape index (κ1) is 29.0. The zero-order chi connectivity index (χ0) is 29.8. The summed E-state index contributed by atoms with van der Waals surface area (Å²) in [5.41, 5.74) is 10.7. The van der Waals surface area contributed by atoms with Gasteiger partial charge in [-0.15, -0.1) is 0 Å². The Bertz CT molecular complexity index is 1700. The van der Waals surface area contributed by atoms with E-state index in [1.54, 1.807) is 47.6 Å². The second kappa shape index (κ2) is 12.5. The summed E-state index contributed by atoms with van der Waals surface area (Å²) >= 11 is 6.64. The van der Waals surface area contributed by atoms with E-state index in [1.165, 1.54) is 12.3 Å². The van der Waals surface area contributed by atoms with Crippen LogP contribution in [0.1, 0.15) is 26.7 Å². The van der Waals surface area contributed by atoms with Gasteiger partial charge in [-0.25, -0.2) is 14.4 Å². The number of hydrogen-bond donors (Lipinski definition) is 2. The van der Waals surface area contributed by atoms with Gasteiger partial charge in [0.15, 0.2) is 0 Å². The molecule has 1 aliphatic rings. The van der Waals surface area contributed by atoms with Crippen molar-refractivity contribution in [3.63, 3.8) is 0 Å². The van der Waals surface area contributed by atoms with Gasteiger partial charge in [0.1, 0.15) is 11.6 Å². The van der Waals surface area contributed by atoms with Gasteiger partial charge in [0.2, 0.25) is 5.91 Å². The van der Waals surface area contributed by atoms with Crippen LogP contribution in [0.15, 0.2) is 78.5 Å². The molecule has 0 fully saturated rings. The van der Waals surface area contributed by atoms with Crippen LogP contribution in [-0.2, 0) is 4.79 Å². The molecule has 0 radical (unpaired) electrons. The number of halogens is 2. The molecule has 2 aromatic carbocycles. The molecule has 5 rings (SSSR count). The molecule has 0 spiro atoms. The molecule has 216 valence electrons. The fraction of sp³-hybridized carbons (Fsp3) is 0.226. The molecule has 0 bridgehead atoms. The molecule has 0 aliphatic carbocycles. The van der Waals surface area contributed by atoms with Gasteiger partial charge in [-0.05, 0) is 44.2 Å². The number of carbonyl (C=O) groups excluding carboxylic acids is 1. The molecule has 0 unspecified atom stereocenters. The lowest BCUT2D eigenvalue weighted by molar-refractivity contribution is -0.131. The first-order chi connectivity index (χ1) is 20.3. The average molecular weight is 589 g/mol. The number of hydrogen-bond acceptors (Lipinski definition) is 8. The number of fused-ring (bicyclic) bond motifs is 1. The minimum atomic E-state index is -0.489. The summed E-state index contributed by atoms with van der Waals surface area (Å²) in [6.45, 7) is 4.61. The predicted molar refractivity (Wildman–Crippen MR) is 162 cm³/mol. The normalized spacial score (nSPS) is 13.7. The van der Waals surface area contributed by atoms with Crippen molar-refractivity contribution in [3.8, 4) is 22.9 Å². The number of ether oxygens (including phenoxy) is 1. The standard InChI is InChI=1S/C31H30ClFN6O3/c1-3-19(2)39(20-7-12-38(13-8-20)29(41)9-14-40)30-24-16-23(26(33)17-28(24)37-18-27(30)34)22-6-5-21(15-25(22)32)42-31-35-10-4-11-36-31/h3-7,10-11,15-18,40H,8-9,12-14,34H2,1-2H3/b19-3+. The number of aromatic nitrogens is 3. The van der Waals surface area contributed by atoms with Gasteiger partial charge in [-0.2, -0.15) is 0 Å². The van der Waals surface area contributed by atoms with Gasteiger partial charge in [0.05, 0.1) is 34.7 Å². The predicted octanol–water partition coefficient (Wildman–Crippen LogP) is 6.09. The zero-order valence-corrected chi connectivity index (χ0v) is 24.0. The van der Waals surface area contributed by atoms with Crippen LogP contribution >= 0.6 is 11.6 Å². The Kier molecular flexibility index (Phi) is 8.65. The maximum absolute atomic E-state index is 15.6. The highest BCUT2D eigenvalue weighted by Gasteiger charge is 2.25. The molecule has 1 aliphatic heterocycles. The van der Waals surface area contributed by atoms with Crippen molar-refractivity contribution in [1.29, 1.82) is 0 Å². The molecule has 0 saturated heterocycles. The number of nitrogen functional groups attached to an aromatic ring is 1. The number of allylic oxidation sites excluding steroid dienone is 2. The van der Waals surface area contributed by atoms with Gasteiger partial charge in [0, 0.05) is 78.4 Å². The van der Waals surface area contributed by atoms with Crippen LogP contribution in [0.25, 0.3) is 22.0 Å². The van der Waals surface area contributed by atoms with E-state index in [2.05, 4.69) is 15.0 Å². The maximum atomic E-state index is 15.6. The summed E-state index contributed by atoms with van der Waals surface area (Å²) in [6, 6.07) is 9.87. The number of pyridine rings is 1. The number of aliphatic hydroxyl groups excluding tert-OH is 1. The van der Waals surface area contributed by atoms with Crippen LogP contribution < -0.4 is 15.4 Å². The molecule has 11 heteroatoms. The zero-order valence-electron chi connectivity index (χ0n) is 23.2. The fourth-order valence-electron chi connectivity index (χ4n) is 4.91. The van der Waals surface area contributed by atoms with Crippen molar-refractivity contribution >= 4 is 39.8 Å². The second-order valence-electron chi connectivity index (χ2n) is 9.71. The minimum absolute atomic E-state index is 0.0900. The third-order valence-electron chi connectivity index (χ3n) is 7.08. The van der Waals surface area contributed by atoms with Gasteiger partial charge in [0.25, 0.3) is 0 Å². The molecule has 1 amide bonds. The Balaban J connectivity index is 1.57. The van der Waals surface area contributed by atoms with E-state index in [0.717, 1.165) is 11.4 Å². The van der Waals surface area contributed by atoms with Crippen LogP contribution in [0.5, 0.6) is 11.8 Å². The lowest BCUT2D eigenvalue weighted by atomic mass is 10.00. The number of rotatable bonds is 8. The van der Waals surface area contributed by atoms with Crippen molar-refractivity contribution in [3.05, 3.63) is 89.4 Å². The lowest BCUT2D eigenvalue weighted by Crippen LogP contribution is -2.38. The molecular weight excluding hydrogens is 559 g/mol. The summed E-state index contributed by atoms with van der Waals surface area (Å²) in [4.78, 5) is 28.6. The number of amides is 1. The summed E-state index contributed by atoms with van der Waals surface area (Å²) in [6.07, 6.45) is 9.26. The molecule has 0 atom stereocenters. The monoisotopic (exact) mass is 588 g/mol. The highest BCUT2D eigenvalue weighted by atomic mass is 35.5. The maximum Gasteiger partial charge on any atom is 0.321 e. The van der Waals surface area contributed by atoms with Crippen molar-refractivity contribution in [2.75, 3.05) is 30.3 Å². The lowest BCUT2D eigenvalue weighted by Gasteiger charge is -2.35. The second-order valence-corrected chi connectivity index (χ2v) is 10.1. The van der Waals surface area contributed by atoms with Gasteiger partial charge < -0.3 is 25.4 Å². The minimum Gasteiger partial charge on any atom is -0.424 e. The number of anilines is 2. The molecule has 3 heterocycles. The average Bonchev–Trinajstić information content (AvgIpc) is 2.99. The Hall–Kier alpha value is -4.54. The van der Waals surface area contributed by atoms with Crippen LogP contribution in [0.2, 0.25) is 5.02 Å². The SMILES string of the molecule is C/C=C(\C)N(C1=CCN(C(=O)CCO)CC1)c1c(N)cnc2cc(F)c(-c3ccc(Oc4ncccn4)cc3Cl)cc12. The molecule has 9 nitrogen and oxygen atoms in total. The summed E-state index contributed by atoms with van der Waals surface area (Å²) in [5.74, 6) is -0.175. The summed E-state index contributed by atoms with van der Waals surface area (Å²) < 4.78 is 21.2. The van der Waals surface area contributed by atoms with Crippen molar-refractivity contribution < 1.29 is 19.0 Å². The van der Waals surface area contributed by atoms with E-state index in [4.69, 9.17) is 27.2 Å². The first-order valence-electron chi connectivity index (χ1n) is 13.4. The van der Waals surface area contributed by atoms with E-state index >= 15 is 4.39 Å². The Morgan fingerprint density at radius 1 is 1.21 bits per heavy atom. The highest BCUT2D eigenvalue weighted by Crippen LogP contribution is 2.41. The molecule has 3 N–H and O–H groups in total. The van der Waals surface area contributed by atoms with Gasteiger partial charge in [-0.3, -0.25) is 9.78 Å². The molecular formula is C31H30ClFN6O3. The van der Waals surface area contributed by atoms with Crippen molar-refractivity contribution in [2.24, 2.45) is 0 Å². The summed E-state index contributed by atoms with van der Waals surface area (Å²) in [5, 5.41) is 10.1. The summed E-state index contributed by atoms with van der Waals surface area (Å²) in [7, 11) is 0. The van der Waals surface area contributed by atoms with E-state index in [9.17, 15) is 4.79 Å². The number of carbonyl (C=O) groups is 1. The largest absolute Gasteiger partial charge is 0.424 e. The third-order valence-corrected chi connectivity index (χ3v) is 7.40. The number of aliphatic hydroxyl groups is 1. The van der Waals surface area contributed by atoms with E-state index < -0.39 is 5.82 Å². The molecule has 4 aromatic rings. The van der Waals surface area contributed by atoms with Crippen LogP contribution in [0.4, 0.5) is 15.8 Å². The van der Waals surface area contributed by atoms with Crippen molar-refractivity contribution in [1.82, 2.24) is 19.9 Å². The Labute approximate surface area is 247 Å². The van der Waals surface area contributed by atoms with Gasteiger partial charge in [-0.1, -0.05) is 17.7 Å². The van der Waals surface area contributed by atoms with Crippen LogP contribution in [0.3, 0.4) is 0 Å². The van der Waals surface area contributed by atoms with Crippen LogP contribution in [0, 0.1) is 5.82 Å². The highest BCUT2D eigenvalue weighted by molar-refractivity contribution is 6.33. The smallest absolute Gasteiger partial charge is 0.321 e. The van der Waals surface area contributed by atoms with E-state index in [1.807, 2.05) is 30.9 Å². The first-order valence-corrected chi connectivity index (χ1v) is 13.8. The third kappa shape index (κ3) is 5.90. The molecule has 2 aromatic heterocycles. The number of nitrogens with two attached hydrogens (primary N) is 1. The topological polar surface area (TPSA) is 118 Å². The van der Waals surface area contributed by atoms with Crippen LogP contribution in [-0.4, -0.2) is 50.6 Å². The number of benzene rings is 2. The van der Waals surface area contributed by atoms with E-state index in [-0.39, 0.29) is 35.5 Å². The molecule has 42 heavy (non-hydrogen) atoms.